The number of ether oxygens (including phenoxy) is 1. The number of aromatic amines is 1. The van der Waals surface area contributed by atoms with Crippen LogP contribution in [0.1, 0.15) is 15.9 Å². The maximum Gasteiger partial charge on any atom is 0.337 e. The second-order valence-corrected chi connectivity index (χ2v) is 12.1. The van der Waals surface area contributed by atoms with Gasteiger partial charge >= 0.3 is 5.97 Å². The number of benzene rings is 4. The van der Waals surface area contributed by atoms with E-state index in [9.17, 15) is 9.59 Å². The summed E-state index contributed by atoms with van der Waals surface area (Å²) < 4.78 is 6.57. The summed E-state index contributed by atoms with van der Waals surface area (Å²) in [6, 6.07) is 15.8. The molecule has 5 rings (SSSR count). The summed E-state index contributed by atoms with van der Waals surface area (Å²) in [5, 5.41) is 13.8. The molecule has 0 fully saturated rings. The number of thiocarbonyl (C=S) groups is 1. The van der Waals surface area contributed by atoms with Gasteiger partial charge in [0, 0.05) is 26.8 Å². The molecule has 0 unspecified atom stereocenters. The Kier molecular flexibility index (Phi) is 13.5. The lowest BCUT2D eigenvalue weighted by Crippen LogP contribution is -2.21. The summed E-state index contributed by atoms with van der Waals surface area (Å²) >= 11 is 45.2. The van der Waals surface area contributed by atoms with E-state index < -0.39 is 5.97 Å². The Morgan fingerprint density at radius 1 is 0.935 bits per heavy atom. The van der Waals surface area contributed by atoms with E-state index in [1.54, 1.807) is 48.5 Å². The molecule has 46 heavy (non-hydrogen) atoms. The smallest absolute Gasteiger partial charge is 0.337 e. The van der Waals surface area contributed by atoms with Crippen molar-refractivity contribution in [2.24, 2.45) is 4.99 Å². The third kappa shape index (κ3) is 9.23. The normalized spacial score (nSPS) is 10.2. The van der Waals surface area contributed by atoms with Crippen LogP contribution in [0.25, 0.3) is 16.6 Å². The van der Waals surface area contributed by atoms with Gasteiger partial charge in [-0.3, -0.25) is 9.36 Å². The summed E-state index contributed by atoms with van der Waals surface area (Å²) in [7, 11) is 1.51. The highest BCUT2D eigenvalue weighted by atomic mass is 35.5. The topological polar surface area (TPSA) is 123 Å². The van der Waals surface area contributed by atoms with Gasteiger partial charge in [0.1, 0.15) is 5.75 Å². The number of carboxylic acid groups (broad SMARTS) is 1. The maximum atomic E-state index is 12.8. The van der Waals surface area contributed by atoms with Crippen LogP contribution in [0, 0.1) is 11.7 Å². The molecule has 0 aliphatic heterocycles. The number of aromatic nitrogens is 2. The standard InChI is InChI=1S/C15H9Cl3N2OS.C8H5Cl2NOS.C7H6ClNO2/c1-7-4-13(11(18)6-10(7)17)20-14(21)9-5-8(16)2-3-12(9)19-15(20)22;1-12-8-3-7(11-4-13)5(9)2-6(8)10;8-4-1-2-6(9)5(3-4)7(10)11/h2-6H,1H3,(H,19,22);2-3H,1H3;1-3H,9H2,(H,10,11). The van der Waals surface area contributed by atoms with Gasteiger partial charge in [0.25, 0.3) is 5.56 Å². The zero-order chi connectivity index (χ0) is 34.3. The number of aryl methyl sites for hydroxylation is 1. The number of aromatic carboxylic acids is 1. The number of methoxy groups -OCH3 is 1. The molecule has 0 saturated heterocycles. The Morgan fingerprint density at radius 2 is 1.57 bits per heavy atom. The number of carbonyl (C=O) groups is 1. The van der Waals surface area contributed by atoms with E-state index in [1.165, 1.54) is 23.8 Å². The highest BCUT2D eigenvalue weighted by Gasteiger charge is 2.13. The fraction of sp³-hybridized carbons (Fsp3) is 0.0667. The van der Waals surface area contributed by atoms with E-state index in [0.29, 0.717) is 58.2 Å². The Morgan fingerprint density at radius 3 is 2.17 bits per heavy atom. The van der Waals surface area contributed by atoms with Crippen molar-refractivity contribution >= 4 is 127 Å². The molecule has 0 bridgehead atoms. The molecule has 4 N–H and O–H groups in total. The molecule has 0 radical (unpaired) electrons. The lowest BCUT2D eigenvalue weighted by molar-refractivity contribution is 0.0698. The number of rotatable bonds is 4. The second kappa shape index (κ2) is 16.6. The summed E-state index contributed by atoms with van der Waals surface area (Å²) in [6.45, 7) is 1.83. The number of anilines is 1. The molecule has 16 heteroatoms. The molecule has 0 spiro atoms. The number of nitrogens with zero attached hydrogens (tertiary/aromatic N) is 2. The molecule has 0 atom stereocenters. The van der Waals surface area contributed by atoms with E-state index in [1.807, 2.05) is 6.92 Å². The average molecular weight is 777 g/mol. The fourth-order valence-electron chi connectivity index (χ4n) is 3.74. The van der Waals surface area contributed by atoms with Crippen LogP contribution in [0.15, 0.2) is 70.5 Å². The molecule has 1 heterocycles. The van der Waals surface area contributed by atoms with E-state index >= 15 is 0 Å². The van der Waals surface area contributed by atoms with E-state index in [2.05, 4.69) is 27.4 Å². The number of halogens is 6. The number of fused-ring (bicyclic) bond motifs is 1. The van der Waals surface area contributed by atoms with Crippen molar-refractivity contribution < 1.29 is 14.6 Å². The zero-order valence-corrected chi connectivity index (χ0v) is 29.7. The summed E-state index contributed by atoms with van der Waals surface area (Å²) in [4.78, 5) is 30.0. The van der Waals surface area contributed by atoms with Crippen molar-refractivity contribution in [3.8, 4) is 11.4 Å². The largest absolute Gasteiger partial charge is 0.495 e. The molecule has 238 valence electrons. The van der Waals surface area contributed by atoms with Gasteiger partial charge in [-0.05, 0) is 91.5 Å². The third-order valence-electron chi connectivity index (χ3n) is 5.96. The second-order valence-electron chi connectivity index (χ2n) is 8.99. The fourth-order valence-corrected chi connectivity index (χ4v) is 5.45. The number of carboxylic acids is 1. The van der Waals surface area contributed by atoms with Crippen molar-refractivity contribution in [1.29, 1.82) is 0 Å². The molecule has 8 nitrogen and oxygen atoms in total. The number of hydrogen-bond acceptors (Lipinski definition) is 7. The number of hydrogen-bond donors (Lipinski definition) is 3. The first kappa shape index (κ1) is 37.3. The monoisotopic (exact) mass is 774 g/mol. The lowest BCUT2D eigenvalue weighted by Gasteiger charge is -2.11. The molecule has 4 aromatic carbocycles. The minimum absolute atomic E-state index is 0.0394. The first-order chi connectivity index (χ1) is 21.7. The number of H-pyrrole nitrogens is 1. The Balaban J connectivity index is 0.000000205. The zero-order valence-electron chi connectivity index (χ0n) is 23.5. The van der Waals surface area contributed by atoms with Crippen molar-refractivity contribution in [2.75, 3.05) is 12.8 Å². The van der Waals surface area contributed by atoms with E-state index in [0.717, 1.165) is 5.56 Å². The van der Waals surface area contributed by atoms with Crippen LogP contribution in [0.5, 0.6) is 5.75 Å². The van der Waals surface area contributed by atoms with Crippen LogP contribution in [-0.4, -0.2) is 32.9 Å². The van der Waals surface area contributed by atoms with E-state index in [4.69, 9.17) is 97.4 Å². The van der Waals surface area contributed by atoms with Gasteiger partial charge in [0.2, 0.25) is 0 Å². The van der Waals surface area contributed by atoms with Gasteiger partial charge in [-0.25, -0.2) is 4.79 Å². The van der Waals surface area contributed by atoms with Gasteiger partial charge in [-0.2, -0.15) is 4.99 Å². The molecule has 0 aliphatic rings. The highest BCUT2D eigenvalue weighted by molar-refractivity contribution is 7.78. The number of aliphatic imine (C=N–C) groups is 1. The number of nitrogen functional groups attached to an aromatic ring is 1. The van der Waals surface area contributed by atoms with Gasteiger partial charge in [0.05, 0.1) is 55.2 Å². The number of nitrogens with one attached hydrogen (secondary N) is 1. The summed E-state index contributed by atoms with van der Waals surface area (Å²) in [5.41, 5.74) is 7.73. The minimum Gasteiger partial charge on any atom is -0.495 e. The predicted molar refractivity (Wildman–Crippen MR) is 195 cm³/mol. The van der Waals surface area contributed by atoms with E-state index in [-0.39, 0.29) is 21.6 Å². The van der Waals surface area contributed by atoms with Crippen LogP contribution >= 0.6 is 94.0 Å². The van der Waals surface area contributed by atoms with Crippen molar-refractivity contribution in [2.45, 2.75) is 6.92 Å². The Bertz CT molecular complexity index is 2130. The number of isothiocyanates is 1. The lowest BCUT2D eigenvalue weighted by atomic mass is 10.2. The average Bonchev–Trinajstić information content (AvgIpc) is 2.99. The maximum absolute atomic E-state index is 12.8. The Labute approximate surface area is 302 Å². The van der Waals surface area contributed by atoms with Crippen LogP contribution in [0.4, 0.5) is 11.4 Å². The van der Waals surface area contributed by atoms with Crippen LogP contribution in [0.2, 0.25) is 30.1 Å². The SMILES string of the molecule is COc1cc(N=C=S)c(Cl)cc1Cl.Cc1cc(-n2c(=S)[nH]c3ccc(Cl)cc3c2=O)c(Cl)cc1Cl.Nc1ccc(Cl)cc1C(=O)O. The van der Waals surface area contributed by atoms with Crippen LogP contribution in [0.3, 0.4) is 0 Å². The quantitative estimate of drug-likeness (QED) is 0.0943. The molecule has 0 saturated carbocycles. The highest BCUT2D eigenvalue weighted by Crippen LogP contribution is 2.35. The minimum atomic E-state index is -1.06. The first-order valence-corrected chi connectivity index (χ1v) is 15.6. The first-order valence-electron chi connectivity index (χ1n) is 12.5. The predicted octanol–water partition coefficient (Wildman–Crippen LogP) is 10.7. The molecular formula is C30H20Cl6N4O4S2. The summed E-state index contributed by atoms with van der Waals surface area (Å²) in [6.07, 6.45) is 0. The van der Waals surface area contributed by atoms with Gasteiger partial charge in [-0.1, -0.05) is 69.6 Å². The molecular weight excluding hydrogens is 757 g/mol. The number of nitrogens with two attached hydrogens (primary N) is 1. The third-order valence-corrected chi connectivity index (χ3v) is 8.12. The van der Waals surface area contributed by atoms with Crippen molar-refractivity contribution in [3.63, 3.8) is 0 Å². The van der Waals surface area contributed by atoms with Crippen molar-refractivity contribution in [1.82, 2.24) is 9.55 Å². The van der Waals surface area contributed by atoms with Crippen molar-refractivity contribution in [3.05, 3.63) is 117 Å². The molecule has 5 aromatic rings. The Hall–Kier alpha value is -3.15. The summed E-state index contributed by atoms with van der Waals surface area (Å²) in [5.74, 6) is -0.555. The van der Waals surface area contributed by atoms with Crippen LogP contribution in [-0.2, 0) is 0 Å². The molecule has 1 aromatic heterocycles. The van der Waals surface area contributed by atoms with Crippen LogP contribution < -0.4 is 16.0 Å². The molecule has 0 aliphatic carbocycles. The molecule has 0 amide bonds. The van der Waals surface area contributed by atoms with Gasteiger partial charge < -0.3 is 20.6 Å². The van der Waals surface area contributed by atoms with Gasteiger partial charge in [-0.15, -0.1) is 0 Å². The van der Waals surface area contributed by atoms with Gasteiger partial charge in [0.15, 0.2) is 4.77 Å².